The molecule has 0 saturated carbocycles. The Balaban J connectivity index is 3.29. The van der Waals surface area contributed by atoms with Crippen molar-refractivity contribution >= 4 is 5.82 Å². The van der Waals surface area contributed by atoms with Crippen molar-refractivity contribution in [2.45, 2.75) is 13.8 Å². The predicted octanol–water partition coefficient (Wildman–Crippen LogP) is 0.919. The lowest BCUT2D eigenvalue weighted by Crippen LogP contribution is -1.82. The molecule has 0 aromatic carbocycles. The Bertz CT molecular complexity index is 205. The average molecular weight is 126 g/mol. The van der Waals surface area contributed by atoms with E-state index in [2.05, 4.69) is 4.98 Å². The van der Waals surface area contributed by atoms with Gasteiger partial charge in [-0.3, -0.25) is 0 Å². The number of nitrogen functional groups attached to an aromatic ring is 1. The molecule has 3 heteroatoms. The number of rotatable bonds is 0. The number of H-pyrrole nitrogens is 1. The van der Waals surface area contributed by atoms with Gasteiger partial charge >= 0.3 is 0 Å². The number of nitrogens with one attached hydrogen (secondary N) is 1. The zero-order valence-corrected chi connectivity index (χ0v) is 5.52. The van der Waals surface area contributed by atoms with Crippen LogP contribution in [0.3, 0.4) is 0 Å². The van der Waals surface area contributed by atoms with Crippen LogP contribution in [-0.4, -0.2) is 10.1 Å². The summed E-state index contributed by atoms with van der Waals surface area (Å²) in [5.41, 5.74) is 7.08. The number of hydrogen-bond acceptors (Lipinski definition) is 2. The van der Waals surface area contributed by atoms with Gasteiger partial charge in [0.15, 0.2) is 5.75 Å². The molecule has 1 aromatic rings. The molecule has 1 heterocycles. The first-order valence-electron chi connectivity index (χ1n) is 2.76. The Hall–Kier alpha value is -1.12. The number of aromatic amines is 1. The minimum Gasteiger partial charge on any atom is -0.504 e. The minimum absolute atomic E-state index is 0.174. The van der Waals surface area contributed by atoms with E-state index < -0.39 is 0 Å². The molecular weight excluding hydrogens is 116 g/mol. The minimum atomic E-state index is 0.174. The average Bonchev–Trinajstić information content (AvgIpc) is 1.98. The van der Waals surface area contributed by atoms with Crippen LogP contribution in [0.25, 0.3) is 0 Å². The quantitative estimate of drug-likeness (QED) is 0.484. The maximum atomic E-state index is 9.07. The molecule has 3 nitrogen and oxygen atoms in total. The molecule has 0 radical (unpaired) electrons. The van der Waals surface area contributed by atoms with E-state index in [1.54, 1.807) is 0 Å². The lowest BCUT2D eigenvalue weighted by molar-refractivity contribution is 0.475. The third kappa shape index (κ3) is 0.740. The molecule has 0 aliphatic heterocycles. The van der Waals surface area contributed by atoms with E-state index in [9.17, 15) is 0 Å². The van der Waals surface area contributed by atoms with Gasteiger partial charge in [0.2, 0.25) is 0 Å². The van der Waals surface area contributed by atoms with Gasteiger partial charge in [0.05, 0.1) is 0 Å². The van der Waals surface area contributed by atoms with E-state index in [0.29, 0.717) is 5.82 Å². The molecule has 4 N–H and O–H groups in total. The van der Waals surface area contributed by atoms with Crippen molar-refractivity contribution in [1.82, 2.24) is 4.98 Å². The molecule has 0 atom stereocenters. The molecule has 0 spiro atoms. The maximum Gasteiger partial charge on any atom is 0.160 e. The summed E-state index contributed by atoms with van der Waals surface area (Å²) in [4.78, 5) is 2.80. The topological polar surface area (TPSA) is 62.0 Å². The van der Waals surface area contributed by atoms with Crippen molar-refractivity contribution in [2.75, 3.05) is 5.73 Å². The number of aromatic hydroxyl groups is 1. The molecule has 50 valence electrons. The largest absolute Gasteiger partial charge is 0.504 e. The molecule has 1 aromatic heterocycles. The van der Waals surface area contributed by atoms with E-state index in [0.717, 1.165) is 11.3 Å². The van der Waals surface area contributed by atoms with Gasteiger partial charge in [-0.25, -0.2) is 0 Å². The van der Waals surface area contributed by atoms with E-state index >= 15 is 0 Å². The smallest absolute Gasteiger partial charge is 0.160 e. The summed E-state index contributed by atoms with van der Waals surface area (Å²) >= 11 is 0. The second-order valence-corrected chi connectivity index (χ2v) is 2.14. The van der Waals surface area contributed by atoms with Gasteiger partial charge in [-0.05, 0) is 13.8 Å². The van der Waals surface area contributed by atoms with Crippen molar-refractivity contribution in [1.29, 1.82) is 0 Å². The molecule has 1 rings (SSSR count). The lowest BCUT2D eigenvalue weighted by atomic mass is 10.3. The Morgan fingerprint density at radius 1 is 1.44 bits per heavy atom. The SMILES string of the molecule is Cc1[nH]c(N)c(O)c1C. The maximum absolute atomic E-state index is 9.07. The summed E-state index contributed by atoms with van der Waals surface area (Å²) in [6.45, 7) is 3.68. The molecule has 0 aliphatic carbocycles. The Morgan fingerprint density at radius 2 is 2.00 bits per heavy atom. The monoisotopic (exact) mass is 126 g/mol. The van der Waals surface area contributed by atoms with Crippen LogP contribution in [0.2, 0.25) is 0 Å². The van der Waals surface area contributed by atoms with Crippen LogP contribution < -0.4 is 5.73 Å². The molecule has 0 aliphatic rings. The third-order valence-electron chi connectivity index (χ3n) is 1.49. The highest BCUT2D eigenvalue weighted by Crippen LogP contribution is 2.25. The second kappa shape index (κ2) is 1.69. The fourth-order valence-electron chi connectivity index (χ4n) is 0.735. The van der Waals surface area contributed by atoms with Crippen LogP contribution in [-0.2, 0) is 0 Å². The first-order valence-corrected chi connectivity index (χ1v) is 2.76. The first kappa shape index (κ1) is 6.01. The van der Waals surface area contributed by atoms with Crippen molar-refractivity contribution in [3.63, 3.8) is 0 Å². The molecule has 0 unspecified atom stereocenters. The van der Waals surface area contributed by atoms with Gasteiger partial charge in [-0.2, -0.15) is 0 Å². The summed E-state index contributed by atoms with van der Waals surface area (Å²) in [5, 5.41) is 9.07. The van der Waals surface area contributed by atoms with E-state index in [1.807, 2.05) is 13.8 Å². The van der Waals surface area contributed by atoms with Crippen LogP contribution in [0.1, 0.15) is 11.3 Å². The van der Waals surface area contributed by atoms with Crippen molar-refractivity contribution in [2.24, 2.45) is 0 Å². The highest BCUT2D eigenvalue weighted by atomic mass is 16.3. The summed E-state index contributed by atoms with van der Waals surface area (Å²) in [7, 11) is 0. The van der Waals surface area contributed by atoms with Gasteiger partial charge in [0.25, 0.3) is 0 Å². The third-order valence-corrected chi connectivity index (χ3v) is 1.49. The Kier molecular flexibility index (Phi) is 1.12. The molecule has 0 fully saturated rings. The number of hydrogen-bond donors (Lipinski definition) is 3. The van der Waals surface area contributed by atoms with E-state index in [1.165, 1.54) is 0 Å². The van der Waals surface area contributed by atoms with Gasteiger partial charge in [-0.1, -0.05) is 0 Å². The first-order chi connectivity index (χ1) is 4.13. The summed E-state index contributed by atoms with van der Waals surface area (Å²) in [6, 6.07) is 0. The molecule has 0 saturated heterocycles. The van der Waals surface area contributed by atoms with Crippen LogP contribution in [0, 0.1) is 13.8 Å². The normalized spacial score (nSPS) is 10.0. The van der Waals surface area contributed by atoms with Gasteiger partial charge in [-0.15, -0.1) is 0 Å². The van der Waals surface area contributed by atoms with Crippen molar-refractivity contribution in [3.05, 3.63) is 11.3 Å². The van der Waals surface area contributed by atoms with Gasteiger partial charge < -0.3 is 15.8 Å². The zero-order valence-electron chi connectivity index (χ0n) is 5.52. The van der Waals surface area contributed by atoms with Crippen LogP contribution in [0.4, 0.5) is 5.82 Å². The summed E-state index contributed by atoms with van der Waals surface area (Å²) in [6.07, 6.45) is 0. The number of nitrogens with two attached hydrogens (primary N) is 1. The molecule has 0 bridgehead atoms. The summed E-state index contributed by atoms with van der Waals surface area (Å²) in [5.74, 6) is 0.525. The van der Waals surface area contributed by atoms with E-state index in [-0.39, 0.29) is 5.75 Å². The lowest BCUT2D eigenvalue weighted by Gasteiger charge is -1.87. The van der Waals surface area contributed by atoms with Gasteiger partial charge in [0, 0.05) is 11.3 Å². The second-order valence-electron chi connectivity index (χ2n) is 2.14. The highest BCUT2D eigenvalue weighted by Gasteiger charge is 2.05. The standard InChI is InChI=1S/C6H10N2O/c1-3-4(2)8-6(7)5(3)9/h8-9H,7H2,1-2H3. The molecule has 9 heavy (non-hydrogen) atoms. The molecular formula is C6H10N2O. The number of aryl methyl sites for hydroxylation is 1. The summed E-state index contributed by atoms with van der Waals surface area (Å²) < 4.78 is 0. The van der Waals surface area contributed by atoms with Gasteiger partial charge in [0.1, 0.15) is 5.82 Å². The van der Waals surface area contributed by atoms with Crippen LogP contribution >= 0.6 is 0 Å². The fourth-order valence-corrected chi connectivity index (χ4v) is 0.735. The highest BCUT2D eigenvalue weighted by molar-refractivity contribution is 5.53. The van der Waals surface area contributed by atoms with Crippen LogP contribution in [0.15, 0.2) is 0 Å². The Labute approximate surface area is 53.5 Å². The Morgan fingerprint density at radius 3 is 2.11 bits per heavy atom. The van der Waals surface area contributed by atoms with E-state index in [4.69, 9.17) is 10.8 Å². The van der Waals surface area contributed by atoms with Crippen molar-refractivity contribution < 1.29 is 5.11 Å². The van der Waals surface area contributed by atoms with Crippen molar-refractivity contribution in [3.8, 4) is 5.75 Å². The number of aromatic nitrogens is 1. The van der Waals surface area contributed by atoms with Crippen LogP contribution in [0.5, 0.6) is 5.75 Å². The number of anilines is 1. The zero-order chi connectivity index (χ0) is 7.02. The predicted molar refractivity (Wildman–Crippen MR) is 36.3 cm³/mol. The fraction of sp³-hybridized carbons (Fsp3) is 0.333. The molecule has 0 amide bonds.